The molecule has 0 aliphatic carbocycles. The lowest BCUT2D eigenvalue weighted by Gasteiger charge is -2.34. The Bertz CT molecular complexity index is 523. The van der Waals surface area contributed by atoms with Gasteiger partial charge in [0.05, 0.1) is 17.9 Å². The number of carboxylic acids is 2. The van der Waals surface area contributed by atoms with E-state index >= 15 is 0 Å². The number of nitriles is 1. The van der Waals surface area contributed by atoms with Gasteiger partial charge >= 0.3 is 11.9 Å². The number of hydrogen-bond donors (Lipinski definition) is 2. The van der Waals surface area contributed by atoms with Crippen molar-refractivity contribution >= 4 is 22.0 Å². The van der Waals surface area contributed by atoms with E-state index in [1.165, 1.54) is 6.92 Å². The normalized spacial score (nSPS) is 26.3. The van der Waals surface area contributed by atoms with E-state index in [9.17, 15) is 18.0 Å². The quantitative estimate of drug-likeness (QED) is 0.701. The standard InChI is InChI=1S/C10H14N2O6S/c1-6(4-11)19(17,18)12-3-2-7(9(13)14)8(5-12)10(15)16/h6-8H,2-3,5H2,1H3,(H,13,14)(H,15,16). The average Bonchev–Trinajstić information content (AvgIpc) is 2.36. The summed E-state index contributed by atoms with van der Waals surface area (Å²) in [5.41, 5.74) is 0. The van der Waals surface area contributed by atoms with Crippen molar-refractivity contribution in [1.82, 2.24) is 4.31 Å². The van der Waals surface area contributed by atoms with Gasteiger partial charge < -0.3 is 10.2 Å². The Balaban J connectivity index is 2.98. The summed E-state index contributed by atoms with van der Waals surface area (Å²) in [7, 11) is -3.91. The van der Waals surface area contributed by atoms with Gasteiger partial charge in [-0.2, -0.15) is 9.57 Å². The van der Waals surface area contributed by atoms with Gasteiger partial charge in [0.1, 0.15) is 0 Å². The minimum Gasteiger partial charge on any atom is -0.481 e. The number of carbonyl (C=O) groups is 2. The molecule has 1 saturated heterocycles. The molecule has 1 fully saturated rings. The van der Waals surface area contributed by atoms with Gasteiger partial charge in [0.2, 0.25) is 10.0 Å². The molecule has 0 spiro atoms. The first-order valence-corrected chi connectivity index (χ1v) is 7.06. The van der Waals surface area contributed by atoms with E-state index in [0.717, 1.165) is 4.31 Å². The third-order valence-electron chi connectivity index (χ3n) is 3.20. The molecule has 106 valence electrons. The van der Waals surface area contributed by atoms with E-state index < -0.39 is 45.6 Å². The molecule has 0 saturated carbocycles. The Hall–Kier alpha value is -1.66. The van der Waals surface area contributed by atoms with Crippen molar-refractivity contribution in [3.05, 3.63) is 0 Å². The molecule has 0 aromatic carbocycles. The van der Waals surface area contributed by atoms with Gasteiger partial charge in [-0.05, 0) is 13.3 Å². The smallest absolute Gasteiger partial charge is 0.308 e. The lowest BCUT2D eigenvalue weighted by molar-refractivity contribution is -0.156. The highest BCUT2D eigenvalue weighted by molar-refractivity contribution is 7.89. The maximum Gasteiger partial charge on any atom is 0.308 e. The summed E-state index contributed by atoms with van der Waals surface area (Å²) >= 11 is 0. The number of hydrogen-bond acceptors (Lipinski definition) is 5. The summed E-state index contributed by atoms with van der Waals surface area (Å²) in [6.07, 6.45) is -0.0797. The minimum absolute atomic E-state index is 0.0797. The van der Waals surface area contributed by atoms with E-state index in [0.29, 0.717) is 0 Å². The van der Waals surface area contributed by atoms with Crippen LogP contribution in [-0.2, 0) is 19.6 Å². The molecule has 0 radical (unpaired) electrons. The summed E-state index contributed by atoms with van der Waals surface area (Å²) < 4.78 is 24.7. The first-order valence-electron chi connectivity index (χ1n) is 5.56. The molecule has 8 nitrogen and oxygen atoms in total. The molecule has 1 rings (SSSR count). The first kappa shape index (κ1) is 15.4. The van der Waals surface area contributed by atoms with Crippen molar-refractivity contribution in [2.45, 2.75) is 18.6 Å². The molecule has 0 amide bonds. The van der Waals surface area contributed by atoms with Gasteiger partial charge in [-0.15, -0.1) is 0 Å². The Morgan fingerprint density at radius 3 is 2.26 bits per heavy atom. The second-order valence-electron chi connectivity index (χ2n) is 4.35. The Morgan fingerprint density at radius 2 is 1.84 bits per heavy atom. The predicted octanol–water partition coefficient (Wildman–Crippen LogP) is -0.664. The van der Waals surface area contributed by atoms with Crippen LogP contribution in [0.1, 0.15) is 13.3 Å². The van der Waals surface area contributed by atoms with Crippen molar-refractivity contribution in [3.8, 4) is 6.07 Å². The molecule has 3 atom stereocenters. The van der Waals surface area contributed by atoms with Gasteiger partial charge in [0.25, 0.3) is 0 Å². The van der Waals surface area contributed by atoms with Crippen LogP contribution in [0.15, 0.2) is 0 Å². The fourth-order valence-corrected chi connectivity index (χ4v) is 3.30. The lowest BCUT2D eigenvalue weighted by atomic mass is 9.86. The topological polar surface area (TPSA) is 136 Å². The molecule has 1 aliphatic rings. The molecule has 0 bridgehead atoms. The van der Waals surface area contributed by atoms with E-state index in [1.807, 2.05) is 0 Å². The Labute approximate surface area is 110 Å². The number of sulfonamides is 1. The van der Waals surface area contributed by atoms with Crippen molar-refractivity contribution in [3.63, 3.8) is 0 Å². The van der Waals surface area contributed by atoms with Crippen LogP contribution in [0, 0.1) is 23.2 Å². The van der Waals surface area contributed by atoms with E-state index in [2.05, 4.69) is 0 Å². The maximum absolute atomic E-state index is 11.9. The zero-order chi connectivity index (χ0) is 14.8. The summed E-state index contributed by atoms with van der Waals surface area (Å²) in [5, 5.41) is 25.3. The zero-order valence-corrected chi connectivity index (χ0v) is 11.0. The second-order valence-corrected chi connectivity index (χ2v) is 6.61. The molecular weight excluding hydrogens is 276 g/mol. The highest BCUT2D eigenvalue weighted by atomic mass is 32.2. The lowest BCUT2D eigenvalue weighted by Crippen LogP contribution is -2.50. The van der Waals surface area contributed by atoms with Gasteiger partial charge in [0, 0.05) is 13.1 Å². The molecule has 0 aromatic heterocycles. The van der Waals surface area contributed by atoms with Crippen LogP contribution in [0.5, 0.6) is 0 Å². The van der Waals surface area contributed by atoms with E-state index in [-0.39, 0.29) is 13.0 Å². The molecule has 0 aromatic rings. The van der Waals surface area contributed by atoms with Gasteiger partial charge in [-0.25, -0.2) is 8.42 Å². The molecule has 2 N–H and O–H groups in total. The SMILES string of the molecule is CC(C#N)S(=O)(=O)N1CCC(C(=O)O)C(C(=O)O)C1. The van der Waals surface area contributed by atoms with Crippen LogP contribution in [0.3, 0.4) is 0 Å². The maximum atomic E-state index is 11.9. The molecule has 3 unspecified atom stereocenters. The highest BCUT2D eigenvalue weighted by Crippen LogP contribution is 2.27. The summed E-state index contributed by atoms with van der Waals surface area (Å²) in [4.78, 5) is 22.0. The average molecular weight is 290 g/mol. The van der Waals surface area contributed by atoms with E-state index in [1.54, 1.807) is 6.07 Å². The monoisotopic (exact) mass is 290 g/mol. The highest BCUT2D eigenvalue weighted by Gasteiger charge is 2.43. The summed E-state index contributed by atoms with van der Waals surface area (Å²) in [6.45, 7) is 0.699. The Morgan fingerprint density at radius 1 is 1.32 bits per heavy atom. The molecule has 19 heavy (non-hydrogen) atoms. The van der Waals surface area contributed by atoms with Gasteiger partial charge in [0.15, 0.2) is 5.25 Å². The fourth-order valence-electron chi connectivity index (χ4n) is 1.99. The van der Waals surface area contributed by atoms with Gasteiger partial charge in [-0.1, -0.05) is 0 Å². The van der Waals surface area contributed by atoms with E-state index in [4.69, 9.17) is 15.5 Å². The summed E-state index contributed by atoms with van der Waals surface area (Å²) in [5.74, 6) is -5.01. The molecule has 9 heteroatoms. The van der Waals surface area contributed by atoms with Crippen LogP contribution in [0.2, 0.25) is 0 Å². The number of nitrogens with zero attached hydrogens (tertiary/aromatic N) is 2. The van der Waals surface area contributed by atoms with Crippen LogP contribution >= 0.6 is 0 Å². The van der Waals surface area contributed by atoms with Crippen molar-refractivity contribution in [2.75, 3.05) is 13.1 Å². The second kappa shape index (κ2) is 5.54. The fraction of sp³-hybridized carbons (Fsp3) is 0.700. The van der Waals surface area contributed by atoms with Crippen LogP contribution < -0.4 is 0 Å². The molecular formula is C10H14N2O6S. The van der Waals surface area contributed by atoms with Crippen molar-refractivity contribution in [1.29, 1.82) is 5.26 Å². The largest absolute Gasteiger partial charge is 0.481 e. The third-order valence-corrected chi connectivity index (χ3v) is 5.25. The molecule has 1 heterocycles. The van der Waals surface area contributed by atoms with Crippen LogP contribution in [0.4, 0.5) is 0 Å². The van der Waals surface area contributed by atoms with Crippen molar-refractivity contribution in [2.24, 2.45) is 11.8 Å². The predicted molar refractivity (Wildman–Crippen MR) is 62.4 cm³/mol. The van der Waals surface area contributed by atoms with Crippen molar-refractivity contribution < 1.29 is 28.2 Å². The third kappa shape index (κ3) is 3.02. The summed E-state index contributed by atoms with van der Waals surface area (Å²) in [6, 6.07) is 1.59. The number of carboxylic acid groups (broad SMARTS) is 2. The Kier molecular flexibility index (Phi) is 4.49. The van der Waals surface area contributed by atoms with Crippen LogP contribution in [0.25, 0.3) is 0 Å². The molecule has 1 aliphatic heterocycles. The zero-order valence-electron chi connectivity index (χ0n) is 10.2. The number of rotatable bonds is 4. The van der Waals surface area contributed by atoms with Gasteiger partial charge in [-0.3, -0.25) is 9.59 Å². The minimum atomic E-state index is -3.91. The van der Waals surface area contributed by atoms with Crippen LogP contribution in [-0.4, -0.2) is 53.2 Å². The number of aliphatic carboxylic acids is 2. The number of piperidine rings is 1. The first-order chi connectivity index (χ1) is 8.71.